The number of ether oxygens (including phenoxy) is 1. The third-order valence-corrected chi connectivity index (χ3v) is 3.46. The quantitative estimate of drug-likeness (QED) is 0.597. The van der Waals surface area contributed by atoms with Crippen LogP contribution in [-0.2, 0) is 11.2 Å². The third-order valence-electron chi connectivity index (χ3n) is 3.46. The lowest BCUT2D eigenvalue weighted by atomic mass is 10.1. The monoisotopic (exact) mass is 260 g/mol. The fourth-order valence-corrected chi connectivity index (χ4v) is 2.35. The summed E-state index contributed by atoms with van der Waals surface area (Å²) in [7, 11) is 0. The Balaban J connectivity index is 1.61. The zero-order chi connectivity index (χ0) is 13.3. The normalized spacial score (nSPS) is 11.2. The molecule has 2 rings (SSSR count). The number of hydrogen-bond donors (Lipinski definition) is 0. The minimum atomic E-state index is 0.896. The summed E-state index contributed by atoms with van der Waals surface area (Å²) >= 11 is 0. The van der Waals surface area contributed by atoms with Crippen LogP contribution in [0.2, 0.25) is 0 Å². The summed E-state index contributed by atoms with van der Waals surface area (Å²) in [5.41, 5.74) is 2.65. The first-order valence-electron chi connectivity index (χ1n) is 7.44. The summed E-state index contributed by atoms with van der Waals surface area (Å²) in [5.74, 6) is 0.994. The summed E-state index contributed by atoms with van der Waals surface area (Å²) in [4.78, 5) is 0. The highest BCUT2D eigenvalue weighted by molar-refractivity contribution is 5.65. The van der Waals surface area contributed by atoms with Gasteiger partial charge in [-0.25, -0.2) is 0 Å². The lowest BCUT2D eigenvalue weighted by Crippen LogP contribution is -1.97. The molecule has 0 fully saturated rings. The van der Waals surface area contributed by atoms with Gasteiger partial charge < -0.3 is 9.15 Å². The van der Waals surface area contributed by atoms with Crippen LogP contribution in [0.4, 0.5) is 0 Å². The van der Waals surface area contributed by atoms with Crippen LogP contribution in [0.15, 0.2) is 34.9 Å². The van der Waals surface area contributed by atoms with Gasteiger partial charge in [-0.1, -0.05) is 25.8 Å². The largest absolute Gasteiger partial charge is 0.464 e. The molecule has 0 atom stereocenters. The molecule has 0 aromatic heterocycles. The molecule has 0 spiro atoms. The zero-order valence-electron chi connectivity index (χ0n) is 11.9. The van der Waals surface area contributed by atoms with Gasteiger partial charge >= 0.3 is 0 Å². The summed E-state index contributed by atoms with van der Waals surface area (Å²) in [6.07, 6.45) is 8.91. The standard InChI is InChI=1S/C17H24O2/c1-2-3-5-12-18-13-6-4-8-15-10-11-17-16(15)9-7-14-19-17/h7,9-11,14H,2-6,8,12-13H2,1H3. The minimum Gasteiger partial charge on any atom is -0.464 e. The van der Waals surface area contributed by atoms with Crippen LogP contribution in [0.5, 0.6) is 0 Å². The maximum absolute atomic E-state index is 5.62. The summed E-state index contributed by atoms with van der Waals surface area (Å²) in [5, 5.41) is 0. The Labute approximate surface area is 116 Å². The second-order valence-electron chi connectivity index (χ2n) is 5.03. The topological polar surface area (TPSA) is 22.4 Å². The predicted molar refractivity (Wildman–Crippen MR) is 78.6 cm³/mol. The SMILES string of the molecule is CCCCCOCCCCc1ccc2occcc1-2. The molecule has 0 bridgehead atoms. The van der Waals surface area contributed by atoms with E-state index in [1.807, 2.05) is 6.07 Å². The van der Waals surface area contributed by atoms with Crippen molar-refractivity contribution in [3.05, 3.63) is 36.1 Å². The van der Waals surface area contributed by atoms with Crippen LogP contribution < -0.4 is 0 Å². The average molecular weight is 260 g/mol. The first-order valence-corrected chi connectivity index (χ1v) is 7.44. The zero-order valence-corrected chi connectivity index (χ0v) is 11.9. The number of fused-ring (bicyclic) bond motifs is 1. The molecule has 0 radical (unpaired) electrons. The molecule has 0 unspecified atom stereocenters. The first-order chi connectivity index (χ1) is 9.42. The fourth-order valence-electron chi connectivity index (χ4n) is 2.35. The molecule has 104 valence electrons. The highest BCUT2D eigenvalue weighted by Crippen LogP contribution is 2.28. The van der Waals surface area contributed by atoms with E-state index in [4.69, 9.17) is 9.15 Å². The summed E-state index contributed by atoms with van der Waals surface area (Å²) in [6, 6.07) is 8.33. The van der Waals surface area contributed by atoms with Gasteiger partial charge in [0.15, 0.2) is 0 Å². The van der Waals surface area contributed by atoms with Crippen LogP contribution in [0, 0.1) is 0 Å². The fraction of sp³-hybridized carbons (Fsp3) is 0.529. The molecule has 0 saturated carbocycles. The van der Waals surface area contributed by atoms with Crippen LogP contribution in [0.3, 0.4) is 0 Å². The van der Waals surface area contributed by atoms with Crippen molar-refractivity contribution in [2.75, 3.05) is 13.2 Å². The molecule has 1 aliphatic heterocycles. The van der Waals surface area contributed by atoms with Gasteiger partial charge in [0.25, 0.3) is 0 Å². The Morgan fingerprint density at radius 3 is 2.68 bits per heavy atom. The van der Waals surface area contributed by atoms with Crippen molar-refractivity contribution < 1.29 is 9.15 Å². The number of aryl methyl sites for hydroxylation is 1. The van der Waals surface area contributed by atoms with E-state index in [1.54, 1.807) is 6.26 Å². The van der Waals surface area contributed by atoms with Gasteiger partial charge in [0, 0.05) is 18.8 Å². The average Bonchev–Trinajstić information content (AvgIpc) is 2.85. The van der Waals surface area contributed by atoms with Crippen molar-refractivity contribution in [3.63, 3.8) is 0 Å². The van der Waals surface area contributed by atoms with Crippen LogP contribution in [0.25, 0.3) is 11.3 Å². The van der Waals surface area contributed by atoms with Crippen LogP contribution in [-0.4, -0.2) is 13.2 Å². The molecular weight excluding hydrogens is 236 g/mol. The second-order valence-corrected chi connectivity index (χ2v) is 5.03. The van der Waals surface area contributed by atoms with Crippen molar-refractivity contribution in [1.82, 2.24) is 0 Å². The second kappa shape index (κ2) is 8.00. The van der Waals surface area contributed by atoms with Gasteiger partial charge in [-0.2, -0.15) is 0 Å². The molecule has 1 aliphatic carbocycles. The van der Waals surface area contributed by atoms with E-state index in [2.05, 4.69) is 25.1 Å². The van der Waals surface area contributed by atoms with Crippen molar-refractivity contribution >= 4 is 0 Å². The molecule has 2 aliphatic rings. The molecule has 0 saturated heterocycles. The molecule has 2 heteroatoms. The number of unbranched alkanes of at least 4 members (excludes halogenated alkanes) is 3. The Bertz CT molecular complexity index is 433. The molecule has 2 nitrogen and oxygen atoms in total. The lowest BCUT2D eigenvalue weighted by molar-refractivity contribution is 0.126. The van der Waals surface area contributed by atoms with E-state index in [0.29, 0.717) is 0 Å². The summed E-state index contributed by atoms with van der Waals surface area (Å²) < 4.78 is 11.1. The molecule has 0 aromatic rings. The molecular formula is C17H24O2. The third kappa shape index (κ3) is 4.39. The van der Waals surface area contributed by atoms with E-state index < -0.39 is 0 Å². The molecule has 0 amide bonds. The Morgan fingerprint density at radius 1 is 1.00 bits per heavy atom. The van der Waals surface area contributed by atoms with Crippen molar-refractivity contribution in [3.8, 4) is 11.3 Å². The highest BCUT2D eigenvalue weighted by Gasteiger charge is 2.09. The summed E-state index contributed by atoms with van der Waals surface area (Å²) in [6.45, 7) is 4.04. The van der Waals surface area contributed by atoms with Crippen LogP contribution in [0.1, 0.15) is 44.6 Å². The van der Waals surface area contributed by atoms with Crippen molar-refractivity contribution in [2.45, 2.75) is 45.4 Å². The smallest absolute Gasteiger partial charge is 0.134 e. The van der Waals surface area contributed by atoms with E-state index in [0.717, 1.165) is 31.8 Å². The number of rotatable bonds is 9. The molecule has 19 heavy (non-hydrogen) atoms. The van der Waals surface area contributed by atoms with Crippen molar-refractivity contribution in [1.29, 1.82) is 0 Å². The Kier molecular flexibility index (Phi) is 5.96. The van der Waals surface area contributed by atoms with E-state index in [1.165, 1.54) is 36.8 Å². The lowest BCUT2D eigenvalue weighted by Gasteiger charge is -2.05. The van der Waals surface area contributed by atoms with E-state index >= 15 is 0 Å². The van der Waals surface area contributed by atoms with Crippen molar-refractivity contribution in [2.24, 2.45) is 0 Å². The van der Waals surface area contributed by atoms with Crippen LogP contribution >= 0.6 is 0 Å². The van der Waals surface area contributed by atoms with Gasteiger partial charge in [-0.3, -0.25) is 0 Å². The van der Waals surface area contributed by atoms with Gasteiger partial charge in [0.2, 0.25) is 0 Å². The molecule has 0 aromatic carbocycles. The highest BCUT2D eigenvalue weighted by atomic mass is 16.5. The maximum Gasteiger partial charge on any atom is 0.134 e. The van der Waals surface area contributed by atoms with E-state index in [-0.39, 0.29) is 0 Å². The molecule has 0 N–H and O–H groups in total. The van der Waals surface area contributed by atoms with Gasteiger partial charge in [0.1, 0.15) is 5.76 Å². The Hall–Kier alpha value is -1.28. The predicted octanol–water partition coefficient (Wildman–Crippen LogP) is 4.91. The maximum atomic E-state index is 5.62. The number of hydrogen-bond acceptors (Lipinski definition) is 2. The molecule has 1 heterocycles. The van der Waals surface area contributed by atoms with Gasteiger partial charge in [0.05, 0.1) is 6.26 Å². The minimum absolute atomic E-state index is 0.896. The first kappa shape index (κ1) is 14.1. The van der Waals surface area contributed by atoms with Gasteiger partial charge in [-0.05, 0) is 49.4 Å². The van der Waals surface area contributed by atoms with E-state index in [9.17, 15) is 0 Å². The van der Waals surface area contributed by atoms with Gasteiger partial charge in [-0.15, -0.1) is 0 Å². The Morgan fingerprint density at radius 2 is 1.84 bits per heavy atom.